The lowest BCUT2D eigenvalue weighted by Gasteiger charge is -2.32. The predicted octanol–water partition coefficient (Wildman–Crippen LogP) is 3.40. The maximum atomic E-state index is 13.3. The zero-order chi connectivity index (χ0) is 19.7. The fourth-order valence-corrected chi connectivity index (χ4v) is 3.87. The molecule has 2 aliphatic rings. The van der Waals surface area contributed by atoms with E-state index < -0.39 is 0 Å². The van der Waals surface area contributed by atoms with Crippen molar-refractivity contribution in [1.82, 2.24) is 14.8 Å². The molecule has 0 aliphatic carbocycles. The third-order valence-electron chi connectivity index (χ3n) is 5.63. The van der Waals surface area contributed by atoms with Gasteiger partial charge in [0.15, 0.2) is 0 Å². The molecule has 2 amide bonds. The quantitative estimate of drug-likeness (QED) is 0.769. The highest BCUT2D eigenvalue weighted by molar-refractivity contribution is 6.35. The molecule has 0 atom stereocenters. The van der Waals surface area contributed by atoms with Crippen LogP contribution in [0.2, 0.25) is 0 Å². The fraction of sp³-hybridized carbons (Fsp3) is 0.348. The van der Waals surface area contributed by atoms with Gasteiger partial charge >= 0.3 is 0 Å². The van der Waals surface area contributed by atoms with Gasteiger partial charge in [-0.15, -0.1) is 0 Å². The molecule has 0 saturated carbocycles. The van der Waals surface area contributed by atoms with Gasteiger partial charge in [0.25, 0.3) is 11.8 Å². The minimum Gasteiger partial charge on any atom is -0.366 e. The van der Waals surface area contributed by atoms with Crippen LogP contribution in [0.15, 0.2) is 54.4 Å². The average molecular weight is 375 g/mol. The smallest absolute Gasteiger partial charge is 0.278 e. The Labute approximate surface area is 165 Å². The summed E-state index contributed by atoms with van der Waals surface area (Å²) in [5.74, 6) is 0.213. The Morgan fingerprint density at radius 3 is 2.36 bits per heavy atom. The van der Waals surface area contributed by atoms with Crippen molar-refractivity contribution in [3.05, 3.63) is 71.2 Å². The lowest BCUT2D eigenvalue weighted by atomic mass is 9.97. The van der Waals surface area contributed by atoms with Gasteiger partial charge in [-0.05, 0) is 43.4 Å². The molecule has 0 bridgehead atoms. The first-order valence-electron chi connectivity index (χ1n) is 9.87. The summed E-state index contributed by atoms with van der Waals surface area (Å²) in [4.78, 5) is 34.4. The number of imide groups is 1. The van der Waals surface area contributed by atoms with Crippen LogP contribution in [0, 0.1) is 12.8 Å². The van der Waals surface area contributed by atoms with Crippen LogP contribution in [-0.2, 0) is 16.1 Å². The number of likely N-dealkylation sites (tertiary alicyclic amines) is 1. The summed E-state index contributed by atoms with van der Waals surface area (Å²) in [5.41, 5.74) is 3.72. The lowest BCUT2D eigenvalue weighted by molar-refractivity contribution is -0.138. The Kier molecular flexibility index (Phi) is 4.99. The highest BCUT2D eigenvalue weighted by Gasteiger charge is 2.42. The van der Waals surface area contributed by atoms with Crippen molar-refractivity contribution in [3.63, 3.8) is 0 Å². The number of hydrogen-bond acceptors (Lipinski definition) is 4. The molecule has 1 aromatic heterocycles. The van der Waals surface area contributed by atoms with Gasteiger partial charge in [-0.25, -0.2) is 0 Å². The van der Waals surface area contributed by atoms with Crippen molar-refractivity contribution >= 4 is 17.4 Å². The van der Waals surface area contributed by atoms with E-state index in [1.165, 1.54) is 4.90 Å². The number of nitrogens with zero attached hydrogens (tertiary/aromatic N) is 3. The second-order valence-corrected chi connectivity index (χ2v) is 7.78. The van der Waals surface area contributed by atoms with Crippen molar-refractivity contribution < 1.29 is 9.59 Å². The van der Waals surface area contributed by atoms with E-state index in [9.17, 15) is 9.59 Å². The van der Waals surface area contributed by atoms with Crippen LogP contribution in [0.25, 0.3) is 5.57 Å². The van der Waals surface area contributed by atoms with Crippen molar-refractivity contribution in [1.29, 1.82) is 0 Å². The molecule has 1 fully saturated rings. The van der Waals surface area contributed by atoms with Crippen molar-refractivity contribution in [3.8, 4) is 0 Å². The maximum Gasteiger partial charge on any atom is 0.278 e. The standard InChI is InChI=1S/C23H25N3O2/c1-16-6-8-18(9-7-16)20-21(25-13-10-17(2)11-14-25)23(28)26(22(20)27)15-19-5-3-4-12-24-19/h3-9,12,17H,10-11,13-15H2,1-2H3. The van der Waals surface area contributed by atoms with Gasteiger partial charge in [-0.1, -0.05) is 42.8 Å². The van der Waals surface area contributed by atoms with E-state index >= 15 is 0 Å². The number of aromatic nitrogens is 1. The Morgan fingerprint density at radius 1 is 1.00 bits per heavy atom. The van der Waals surface area contributed by atoms with E-state index in [1.54, 1.807) is 6.20 Å². The van der Waals surface area contributed by atoms with Gasteiger partial charge in [-0.3, -0.25) is 19.5 Å². The Bertz CT molecular complexity index is 911. The SMILES string of the molecule is Cc1ccc(C2=C(N3CCC(C)CC3)C(=O)N(Cc3ccccn3)C2=O)cc1. The van der Waals surface area contributed by atoms with E-state index in [4.69, 9.17) is 0 Å². The van der Waals surface area contributed by atoms with Gasteiger partial charge < -0.3 is 4.90 Å². The van der Waals surface area contributed by atoms with Crippen molar-refractivity contribution in [2.24, 2.45) is 5.92 Å². The van der Waals surface area contributed by atoms with E-state index in [2.05, 4.69) is 16.8 Å². The zero-order valence-corrected chi connectivity index (χ0v) is 16.4. The summed E-state index contributed by atoms with van der Waals surface area (Å²) in [6, 6.07) is 13.4. The van der Waals surface area contributed by atoms with Crippen LogP contribution < -0.4 is 0 Å². The van der Waals surface area contributed by atoms with E-state index in [1.807, 2.05) is 49.4 Å². The molecule has 0 radical (unpaired) electrons. The summed E-state index contributed by atoms with van der Waals surface area (Å²) < 4.78 is 0. The van der Waals surface area contributed by atoms with Crippen LogP contribution in [0.4, 0.5) is 0 Å². The van der Waals surface area contributed by atoms with Crippen molar-refractivity contribution in [2.75, 3.05) is 13.1 Å². The monoisotopic (exact) mass is 375 g/mol. The molecular weight excluding hydrogens is 350 g/mol. The van der Waals surface area contributed by atoms with E-state index in [-0.39, 0.29) is 18.4 Å². The largest absolute Gasteiger partial charge is 0.366 e. The number of amides is 2. The highest BCUT2D eigenvalue weighted by Crippen LogP contribution is 2.34. The molecule has 5 heteroatoms. The lowest BCUT2D eigenvalue weighted by Crippen LogP contribution is -2.38. The fourth-order valence-electron chi connectivity index (χ4n) is 3.87. The second-order valence-electron chi connectivity index (χ2n) is 7.78. The van der Waals surface area contributed by atoms with Gasteiger partial charge in [0, 0.05) is 19.3 Å². The number of pyridine rings is 1. The minimum absolute atomic E-state index is 0.196. The van der Waals surface area contributed by atoms with Crippen molar-refractivity contribution in [2.45, 2.75) is 33.2 Å². The number of benzene rings is 1. The van der Waals surface area contributed by atoms with Crippen LogP contribution in [0.3, 0.4) is 0 Å². The first kappa shape index (κ1) is 18.4. The van der Waals surface area contributed by atoms with Crippen LogP contribution in [-0.4, -0.2) is 39.7 Å². The molecule has 1 aromatic carbocycles. The molecule has 0 unspecified atom stereocenters. The molecule has 1 saturated heterocycles. The first-order chi connectivity index (χ1) is 13.5. The average Bonchev–Trinajstić information content (AvgIpc) is 2.95. The summed E-state index contributed by atoms with van der Waals surface area (Å²) in [7, 11) is 0. The maximum absolute atomic E-state index is 13.3. The number of aryl methyl sites for hydroxylation is 1. The second kappa shape index (κ2) is 7.58. The molecule has 5 nitrogen and oxygen atoms in total. The number of piperidine rings is 1. The van der Waals surface area contributed by atoms with E-state index in [0.717, 1.165) is 37.1 Å². The zero-order valence-electron chi connectivity index (χ0n) is 16.4. The Morgan fingerprint density at radius 2 is 1.71 bits per heavy atom. The predicted molar refractivity (Wildman–Crippen MR) is 108 cm³/mol. The summed E-state index contributed by atoms with van der Waals surface area (Å²) in [6.45, 7) is 6.06. The normalized spacial score (nSPS) is 18.4. The molecule has 0 spiro atoms. The summed E-state index contributed by atoms with van der Waals surface area (Å²) in [6.07, 6.45) is 3.75. The molecule has 0 N–H and O–H groups in total. The molecule has 144 valence electrons. The van der Waals surface area contributed by atoms with Crippen LogP contribution in [0.5, 0.6) is 0 Å². The number of carbonyl (C=O) groups is 2. The number of rotatable bonds is 4. The third kappa shape index (κ3) is 3.44. The Balaban J connectivity index is 1.72. The molecule has 2 aliphatic heterocycles. The summed E-state index contributed by atoms with van der Waals surface area (Å²) >= 11 is 0. The highest BCUT2D eigenvalue weighted by atomic mass is 16.2. The van der Waals surface area contributed by atoms with E-state index in [0.29, 0.717) is 22.9 Å². The number of carbonyl (C=O) groups excluding carboxylic acids is 2. The topological polar surface area (TPSA) is 53.5 Å². The first-order valence-corrected chi connectivity index (χ1v) is 9.87. The van der Waals surface area contributed by atoms with Crippen LogP contribution >= 0.6 is 0 Å². The Hall–Kier alpha value is -2.95. The number of hydrogen-bond donors (Lipinski definition) is 0. The molecular formula is C23H25N3O2. The third-order valence-corrected chi connectivity index (χ3v) is 5.63. The summed E-state index contributed by atoms with van der Waals surface area (Å²) in [5, 5.41) is 0. The van der Waals surface area contributed by atoms with Gasteiger partial charge in [-0.2, -0.15) is 0 Å². The van der Waals surface area contributed by atoms with Gasteiger partial charge in [0.2, 0.25) is 0 Å². The van der Waals surface area contributed by atoms with Gasteiger partial charge in [0.05, 0.1) is 17.8 Å². The van der Waals surface area contributed by atoms with Crippen LogP contribution in [0.1, 0.15) is 36.6 Å². The molecule has 3 heterocycles. The molecule has 2 aromatic rings. The molecule has 28 heavy (non-hydrogen) atoms. The molecule has 4 rings (SSSR count). The van der Waals surface area contributed by atoms with Gasteiger partial charge in [0.1, 0.15) is 5.70 Å². The minimum atomic E-state index is -0.229.